The van der Waals surface area contributed by atoms with Crippen LogP contribution in [0.25, 0.3) is 0 Å². The molecule has 0 aliphatic carbocycles. The van der Waals surface area contributed by atoms with E-state index in [9.17, 15) is 21.6 Å². The molecule has 0 radical (unpaired) electrons. The molecule has 2 aromatic rings. The van der Waals surface area contributed by atoms with Crippen LogP contribution in [0.1, 0.15) is 16.7 Å². The largest absolute Gasteiger partial charge is 0.379 e. The first-order valence-corrected chi connectivity index (χ1v) is 13.7. The van der Waals surface area contributed by atoms with Gasteiger partial charge in [0, 0.05) is 18.8 Å². The van der Waals surface area contributed by atoms with Gasteiger partial charge in [0.25, 0.3) is 0 Å². The smallest absolute Gasteiger partial charge is 0.245 e. The first-order chi connectivity index (χ1) is 15.4. The zero-order chi connectivity index (χ0) is 24.4. The van der Waals surface area contributed by atoms with Crippen LogP contribution in [0, 0.1) is 20.8 Å². The second-order valence-electron chi connectivity index (χ2n) is 8.10. The summed E-state index contributed by atoms with van der Waals surface area (Å²) in [6.07, 6.45) is 1.00. The summed E-state index contributed by atoms with van der Waals surface area (Å²) in [4.78, 5) is 12.8. The second kappa shape index (κ2) is 9.80. The molecular weight excluding hydrogens is 466 g/mol. The van der Waals surface area contributed by atoms with E-state index in [0.717, 1.165) is 27.3 Å². The Morgan fingerprint density at radius 2 is 1.55 bits per heavy atom. The van der Waals surface area contributed by atoms with Gasteiger partial charge in [-0.1, -0.05) is 17.7 Å². The van der Waals surface area contributed by atoms with Gasteiger partial charge in [-0.25, -0.2) is 16.8 Å². The molecule has 180 valence electrons. The van der Waals surface area contributed by atoms with Gasteiger partial charge in [0.05, 0.1) is 30.1 Å². The van der Waals surface area contributed by atoms with Crippen molar-refractivity contribution in [3.05, 3.63) is 53.1 Å². The highest BCUT2D eigenvalue weighted by molar-refractivity contribution is 7.92. The second-order valence-corrected chi connectivity index (χ2v) is 11.9. The number of morpholine rings is 1. The van der Waals surface area contributed by atoms with Crippen molar-refractivity contribution in [3.8, 4) is 0 Å². The number of anilines is 2. The fourth-order valence-corrected chi connectivity index (χ4v) is 6.07. The molecule has 1 aliphatic heterocycles. The molecule has 1 aliphatic rings. The number of nitrogens with one attached hydrogen (secondary N) is 1. The van der Waals surface area contributed by atoms with Crippen LogP contribution in [0.3, 0.4) is 0 Å². The van der Waals surface area contributed by atoms with Gasteiger partial charge >= 0.3 is 0 Å². The number of carbonyl (C=O) groups is 1. The molecule has 1 heterocycles. The maximum atomic E-state index is 12.8. The average Bonchev–Trinajstić information content (AvgIpc) is 2.74. The zero-order valence-corrected chi connectivity index (χ0v) is 20.8. The molecule has 33 heavy (non-hydrogen) atoms. The molecule has 3 rings (SSSR count). The highest BCUT2D eigenvalue weighted by Crippen LogP contribution is 2.25. The Balaban J connectivity index is 1.82. The first-order valence-electron chi connectivity index (χ1n) is 10.4. The Morgan fingerprint density at radius 3 is 2.06 bits per heavy atom. The third kappa shape index (κ3) is 5.91. The standard InChI is InChI=1S/C22H29N3O6S2/c1-16-13-17(2)22(18(3)14-16)23-21(26)15-25(32(4,27)28)19-5-7-20(8-6-19)33(29,30)24-9-11-31-12-10-24/h5-8,13-14H,9-12,15H2,1-4H3,(H,23,26). The van der Waals surface area contributed by atoms with E-state index < -0.39 is 32.5 Å². The van der Waals surface area contributed by atoms with Gasteiger partial charge in [-0.3, -0.25) is 9.10 Å². The van der Waals surface area contributed by atoms with Crippen molar-refractivity contribution in [1.29, 1.82) is 0 Å². The minimum Gasteiger partial charge on any atom is -0.379 e. The van der Waals surface area contributed by atoms with Crippen LogP contribution in [0.2, 0.25) is 0 Å². The maximum absolute atomic E-state index is 12.8. The highest BCUT2D eigenvalue weighted by Gasteiger charge is 2.27. The summed E-state index contributed by atoms with van der Waals surface area (Å²) in [6, 6.07) is 9.36. The topological polar surface area (TPSA) is 113 Å². The van der Waals surface area contributed by atoms with Crippen molar-refractivity contribution < 1.29 is 26.4 Å². The van der Waals surface area contributed by atoms with E-state index in [-0.39, 0.29) is 23.7 Å². The lowest BCUT2D eigenvalue weighted by Gasteiger charge is -2.26. The lowest BCUT2D eigenvalue weighted by molar-refractivity contribution is -0.114. The molecule has 0 bridgehead atoms. The summed E-state index contributed by atoms with van der Waals surface area (Å²) in [5.41, 5.74) is 3.67. The Hall–Kier alpha value is -2.47. The normalized spacial score (nSPS) is 15.3. The Labute approximate surface area is 195 Å². The van der Waals surface area contributed by atoms with Crippen LogP contribution >= 0.6 is 0 Å². The number of benzene rings is 2. The molecule has 1 N–H and O–H groups in total. The SMILES string of the molecule is Cc1cc(C)c(NC(=O)CN(c2ccc(S(=O)(=O)N3CCOCC3)cc2)S(C)(=O)=O)c(C)c1. The van der Waals surface area contributed by atoms with Gasteiger partial charge in [0.2, 0.25) is 26.0 Å². The predicted octanol–water partition coefficient (Wildman–Crippen LogP) is 2.04. The van der Waals surface area contributed by atoms with E-state index in [0.29, 0.717) is 18.9 Å². The van der Waals surface area contributed by atoms with Crippen LogP contribution in [0.5, 0.6) is 0 Å². The first kappa shape index (κ1) is 25.2. The molecule has 0 aromatic heterocycles. The Kier molecular flexibility index (Phi) is 7.47. The lowest BCUT2D eigenvalue weighted by atomic mass is 10.1. The van der Waals surface area contributed by atoms with Crippen LogP contribution in [0.15, 0.2) is 41.3 Å². The average molecular weight is 496 g/mol. The molecule has 0 atom stereocenters. The molecular formula is C22H29N3O6S2. The quantitative estimate of drug-likeness (QED) is 0.629. The van der Waals surface area contributed by atoms with E-state index in [1.54, 1.807) is 0 Å². The predicted molar refractivity (Wildman–Crippen MR) is 127 cm³/mol. The number of carbonyl (C=O) groups excluding carboxylic acids is 1. The number of rotatable bonds is 7. The fraction of sp³-hybridized carbons (Fsp3) is 0.409. The number of amides is 1. The van der Waals surface area contributed by atoms with Crippen molar-refractivity contribution in [3.63, 3.8) is 0 Å². The van der Waals surface area contributed by atoms with Crippen LogP contribution in [0.4, 0.5) is 11.4 Å². The van der Waals surface area contributed by atoms with Gasteiger partial charge < -0.3 is 10.1 Å². The summed E-state index contributed by atoms with van der Waals surface area (Å²) in [5, 5.41) is 2.80. The van der Waals surface area contributed by atoms with E-state index in [2.05, 4.69) is 5.32 Å². The van der Waals surface area contributed by atoms with E-state index in [4.69, 9.17) is 4.74 Å². The van der Waals surface area contributed by atoms with Gasteiger partial charge in [-0.05, 0) is 56.2 Å². The van der Waals surface area contributed by atoms with Gasteiger partial charge in [0.15, 0.2) is 0 Å². The molecule has 2 aromatic carbocycles. The van der Waals surface area contributed by atoms with Crippen molar-refractivity contribution >= 4 is 37.3 Å². The molecule has 1 saturated heterocycles. The van der Waals surface area contributed by atoms with E-state index in [1.165, 1.54) is 28.6 Å². The summed E-state index contributed by atoms with van der Waals surface area (Å²) >= 11 is 0. The monoisotopic (exact) mass is 495 g/mol. The molecule has 1 fully saturated rings. The highest BCUT2D eigenvalue weighted by atomic mass is 32.2. The molecule has 0 unspecified atom stereocenters. The number of hydrogen-bond donors (Lipinski definition) is 1. The minimum absolute atomic E-state index is 0.0527. The zero-order valence-electron chi connectivity index (χ0n) is 19.2. The van der Waals surface area contributed by atoms with Crippen molar-refractivity contribution in [2.45, 2.75) is 25.7 Å². The van der Waals surface area contributed by atoms with Gasteiger partial charge in [-0.2, -0.15) is 4.31 Å². The number of hydrogen-bond acceptors (Lipinski definition) is 6. The molecule has 0 spiro atoms. The number of aryl methyl sites for hydroxylation is 3. The summed E-state index contributed by atoms with van der Waals surface area (Å²) in [6.45, 7) is 6.44. The maximum Gasteiger partial charge on any atom is 0.245 e. The van der Waals surface area contributed by atoms with Crippen LogP contribution in [-0.2, 0) is 29.6 Å². The minimum atomic E-state index is -3.80. The van der Waals surface area contributed by atoms with Gasteiger partial charge in [-0.15, -0.1) is 0 Å². The number of nitrogens with zero attached hydrogens (tertiary/aromatic N) is 2. The Bertz CT molecular complexity index is 1210. The fourth-order valence-electron chi connectivity index (χ4n) is 3.81. The third-order valence-electron chi connectivity index (χ3n) is 5.36. The van der Waals surface area contributed by atoms with Gasteiger partial charge in [0.1, 0.15) is 6.54 Å². The third-order valence-corrected chi connectivity index (χ3v) is 8.41. The molecule has 11 heteroatoms. The molecule has 0 saturated carbocycles. The number of ether oxygens (including phenoxy) is 1. The van der Waals surface area contributed by atoms with Crippen molar-refractivity contribution in [1.82, 2.24) is 4.31 Å². The summed E-state index contributed by atoms with van der Waals surface area (Å²) < 4.78 is 58.0. The van der Waals surface area contributed by atoms with Crippen molar-refractivity contribution in [2.24, 2.45) is 0 Å². The van der Waals surface area contributed by atoms with Crippen LogP contribution < -0.4 is 9.62 Å². The van der Waals surface area contributed by atoms with E-state index in [1.807, 2.05) is 32.9 Å². The van der Waals surface area contributed by atoms with Crippen molar-refractivity contribution in [2.75, 3.05) is 48.7 Å². The molecule has 1 amide bonds. The summed E-state index contributed by atoms with van der Waals surface area (Å²) in [5.74, 6) is -0.500. The van der Waals surface area contributed by atoms with Crippen LogP contribution in [-0.4, -0.2) is 66.2 Å². The molecule has 9 nitrogen and oxygen atoms in total. The number of sulfonamides is 2. The Morgan fingerprint density at radius 1 is 1.00 bits per heavy atom. The lowest BCUT2D eigenvalue weighted by Crippen LogP contribution is -2.40. The van der Waals surface area contributed by atoms with E-state index >= 15 is 0 Å². The summed E-state index contributed by atoms with van der Waals surface area (Å²) in [7, 11) is -7.52.